The molecule has 0 fully saturated rings. The van der Waals surface area contributed by atoms with Gasteiger partial charge in [-0.25, -0.2) is 0 Å². The third kappa shape index (κ3) is 1.65. The van der Waals surface area contributed by atoms with E-state index in [-0.39, 0.29) is 18.2 Å². The normalized spacial score (nSPS) is 19.3. The molecule has 0 bridgehead atoms. The summed E-state index contributed by atoms with van der Waals surface area (Å²) >= 11 is 0. The van der Waals surface area contributed by atoms with Gasteiger partial charge in [0.2, 0.25) is 0 Å². The van der Waals surface area contributed by atoms with Gasteiger partial charge in [0.05, 0.1) is 5.56 Å². The SMILES string of the molecule is CCC(=O)C1COc2ccccc2C1=O. The van der Waals surface area contributed by atoms with Crippen molar-refractivity contribution in [3.63, 3.8) is 0 Å². The molecular weight excluding hydrogens is 192 g/mol. The Bertz CT molecular complexity index is 409. The molecule has 0 saturated carbocycles. The molecule has 3 heteroatoms. The van der Waals surface area contributed by atoms with Gasteiger partial charge < -0.3 is 4.74 Å². The van der Waals surface area contributed by atoms with Crippen molar-refractivity contribution in [1.82, 2.24) is 0 Å². The van der Waals surface area contributed by atoms with Crippen molar-refractivity contribution >= 4 is 11.6 Å². The third-order valence-corrected chi connectivity index (χ3v) is 2.61. The summed E-state index contributed by atoms with van der Waals surface area (Å²) in [6.07, 6.45) is 0.377. The van der Waals surface area contributed by atoms with Gasteiger partial charge in [-0.05, 0) is 12.1 Å². The molecule has 1 unspecified atom stereocenters. The molecule has 0 amide bonds. The fourth-order valence-corrected chi connectivity index (χ4v) is 1.72. The lowest BCUT2D eigenvalue weighted by Gasteiger charge is -2.22. The maximum Gasteiger partial charge on any atom is 0.180 e. The average Bonchev–Trinajstić information content (AvgIpc) is 2.29. The van der Waals surface area contributed by atoms with E-state index in [0.29, 0.717) is 17.7 Å². The number of benzene rings is 1. The van der Waals surface area contributed by atoms with Crippen LogP contribution < -0.4 is 4.74 Å². The molecular formula is C12H12O3. The van der Waals surface area contributed by atoms with E-state index in [4.69, 9.17) is 4.74 Å². The zero-order chi connectivity index (χ0) is 10.8. The summed E-state index contributed by atoms with van der Waals surface area (Å²) in [5, 5.41) is 0. The Labute approximate surface area is 88.1 Å². The first-order chi connectivity index (χ1) is 7.24. The summed E-state index contributed by atoms with van der Waals surface area (Å²) in [5.41, 5.74) is 0.524. The van der Waals surface area contributed by atoms with Crippen molar-refractivity contribution in [2.45, 2.75) is 13.3 Å². The highest BCUT2D eigenvalue weighted by Gasteiger charge is 2.32. The Morgan fingerprint density at radius 2 is 2.20 bits per heavy atom. The van der Waals surface area contributed by atoms with Gasteiger partial charge in [0, 0.05) is 6.42 Å². The lowest BCUT2D eigenvalue weighted by atomic mass is 9.91. The van der Waals surface area contributed by atoms with Gasteiger partial charge >= 0.3 is 0 Å². The smallest absolute Gasteiger partial charge is 0.180 e. The first-order valence-corrected chi connectivity index (χ1v) is 5.02. The Morgan fingerprint density at radius 3 is 2.93 bits per heavy atom. The average molecular weight is 204 g/mol. The second-order valence-corrected chi connectivity index (χ2v) is 3.54. The molecule has 1 heterocycles. The molecule has 15 heavy (non-hydrogen) atoms. The van der Waals surface area contributed by atoms with Gasteiger partial charge in [-0.15, -0.1) is 0 Å². The van der Waals surface area contributed by atoms with Crippen LogP contribution >= 0.6 is 0 Å². The molecule has 78 valence electrons. The number of ether oxygens (including phenoxy) is 1. The highest BCUT2D eigenvalue weighted by atomic mass is 16.5. The zero-order valence-corrected chi connectivity index (χ0v) is 8.53. The Morgan fingerprint density at radius 1 is 1.47 bits per heavy atom. The summed E-state index contributed by atoms with van der Waals surface area (Å²) in [7, 11) is 0. The number of carbonyl (C=O) groups excluding carboxylic acids is 2. The monoisotopic (exact) mass is 204 g/mol. The van der Waals surface area contributed by atoms with Crippen LogP contribution in [0.1, 0.15) is 23.7 Å². The van der Waals surface area contributed by atoms with E-state index in [1.165, 1.54) is 0 Å². The van der Waals surface area contributed by atoms with Gasteiger partial charge in [0.25, 0.3) is 0 Å². The van der Waals surface area contributed by atoms with Crippen molar-refractivity contribution in [3.8, 4) is 5.75 Å². The summed E-state index contributed by atoms with van der Waals surface area (Å²) in [5.74, 6) is -0.175. The number of Topliss-reactive ketones (excluding diaryl/α,β-unsaturated/α-hetero) is 2. The van der Waals surface area contributed by atoms with Crippen LogP contribution in [0.4, 0.5) is 0 Å². The minimum absolute atomic E-state index is 0.0468. The number of carbonyl (C=O) groups is 2. The van der Waals surface area contributed by atoms with Gasteiger partial charge in [-0.1, -0.05) is 19.1 Å². The summed E-state index contributed by atoms with van der Waals surface area (Å²) in [6.45, 7) is 1.94. The number of hydrogen-bond donors (Lipinski definition) is 0. The Hall–Kier alpha value is -1.64. The first-order valence-electron chi connectivity index (χ1n) is 5.02. The van der Waals surface area contributed by atoms with Crippen molar-refractivity contribution in [3.05, 3.63) is 29.8 Å². The van der Waals surface area contributed by atoms with E-state index in [2.05, 4.69) is 0 Å². The van der Waals surface area contributed by atoms with E-state index in [0.717, 1.165) is 0 Å². The zero-order valence-electron chi connectivity index (χ0n) is 8.53. The second-order valence-electron chi connectivity index (χ2n) is 3.54. The second kappa shape index (κ2) is 3.85. The van der Waals surface area contributed by atoms with Crippen LogP contribution in [0.5, 0.6) is 5.75 Å². The van der Waals surface area contributed by atoms with Crippen molar-refractivity contribution in [1.29, 1.82) is 0 Å². The predicted octanol–water partition coefficient (Wildman–Crippen LogP) is 1.86. The number of ketones is 2. The molecule has 0 aliphatic carbocycles. The lowest BCUT2D eigenvalue weighted by Crippen LogP contribution is -2.33. The fourth-order valence-electron chi connectivity index (χ4n) is 1.72. The van der Waals surface area contributed by atoms with Crippen molar-refractivity contribution in [2.75, 3.05) is 6.61 Å². The highest BCUT2D eigenvalue weighted by molar-refractivity contribution is 6.12. The molecule has 0 saturated heterocycles. The van der Waals surface area contributed by atoms with Crippen LogP contribution in [-0.2, 0) is 4.79 Å². The molecule has 1 aromatic carbocycles. The van der Waals surface area contributed by atoms with Gasteiger partial charge in [-0.3, -0.25) is 9.59 Å². The maximum absolute atomic E-state index is 11.9. The van der Waals surface area contributed by atoms with Crippen LogP contribution in [0, 0.1) is 5.92 Å². The van der Waals surface area contributed by atoms with Crippen molar-refractivity contribution < 1.29 is 14.3 Å². The molecule has 0 N–H and O–H groups in total. The van der Waals surface area contributed by atoms with E-state index in [1.807, 2.05) is 6.07 Å². The fraction of sp³-hybridized carbons (Fsp3) is 0.333. The Kier molecular flexibility index (Phi) is 2.54. The largest absolute Gasteiger partial charge is 0.492 e. The summed E-state index contributed by atoms with van der Waals surface area (Å²) in [6, 6.07) is 7.04. The topological polar surface area (TPSA) is 43.4 Å². The molecule has 2 rings (SSSR count). The summed E-state index contributed by atoms with van der Waals surface area (Å²) < 4.78 is 5.39. The molecule has 0 spiro atoms. The summed E-state index contributed by atoms with van der Waals surface area (Å²) in [4.78, 5) is 23.4. The van der Waals surface area contributed by atoms with E-state index in [9.17, 15) is 9.59 Å². The van der Waals surface area contributed by atoms with Crippen molar-refractivity contribution in [2.24, 2.45) is 5.92 Å². The van der Waals surface area contributed by atoms with Crippen LogP contribution in [-0.4, -0.2) is 18.2 Å². The first kappa shape index (κ1) is 9.90. The van der Waals surface area contributed by atoms with E-state index < -0.39 is 5.92 Å². The van der Waals surface area contributed by atoms with Gasteiger partial charge in [-0.2, -0.15) is 0 Å². The standard InChI is InChI=1S/C12H12O3/c1-2-10(13)9-7-15-11-6-4-3-5-8(11)12(9)14/h3-6,9H,2,7H2,1H3. The molecule has 0 aromatic heterocycles. The molecule has 1 atom stereocenters. The number of rotatable bonds is 2. The number of fused-ring (bicyclic) bond motifs is 1. The number of hydrogen-bond acceptors (Lipinski definition) is 3. The van der Waals surface area contributed by atoms with Crippen LogP contribution in [0.2, 0.25) is 0 Å². The minimum atomic E-state index is -0.607. The molecule has 0 radical (unpaired) electrons. The lowest BCUT2D eigenvalue weighted by molar-refractivity contribution is -0.122. The Balaban J connectivity index is 2.34. The minimum Gasteiger partial charge on any atom is -0.492 e. The maximum atomic E-state index is 11.9. The molecule has 1 aliphatic rings. The molecule has 1 aliphatic heterocycles. The molecule has 3 nitrogen and oxygen atoms in total. The van der Waals surface area contributed by atoms with Crippen LogP contribution in [0.15, 0.2) is 24.3 Å². The van der Waals surface area contributed by atoms with E-state index in [1.54, 1.807) is 25.1 Å². The predicted molar refractivity (Wildman–Crippen MR) is 55.1 cm³/mol. The third-order valence-electron chi connectivity index (χ3n) is 2.61. The number of para-hydroxylation sites is 1. The van der Waals surface area contributed by atoms with Crippen LogP contribution in [0.25, 0.3) is 0 Å². The highest BCUT2D eigenvalue weighted by Crippen LogP contribution is 2.27. The van der Waals surface area contributed by atoms with Gasteiger partial charge in [0.15, 0.2) is 5.78 Å². The van der Waals surface area contributed by atoms with E-state index >= 15 is 0 Å². The molecule has 1 aromatic rings. The quantitative estimate of drug-likeness (QED) is 0.690. The van der Waals surface area contributed by atoms with Crippen LogP contribution in [0.3, 0.4) is 0 Å². The van der Waals surface area contributed by atoms with Gasteiger partial charge in [0.1, 0.15) is 24.1 Å².